The van der Waals surface area contributed by atoms with E-state index in [1.54, 1.807) is 13.0 Å². The van der Waals surface area contributed by atoms with Gasteiger partial charge in [0.15, 0.2) is 0 Å². The largest absolute Gasteiger partial charge is 0.477 e. The van der Waals surface area contributed by atoms with Crippen molar-refractivity contribution >= 4 is 45.6 Å². The molecule has 2 aromatic heterocycles. The summed E-state index contributed by atoms with van der Waals surface area (Å²) < 4.78 is 7.54. The quantitative estimate of drug-likeness (QED) is 0.399. The van der Waals surface area contributed by atoms with E-state index in [1.807, 2.05) is 30.3 Å². The topological polar surface area (TPSA) is 81.2 Å². The minimum absolute atomic E-state index is 0.122. The summed E-state index contributed by atoms with van der Waals surface area (Å²) in [5, 5.41) is 19.6. The van der Waals surface area contributed by atoms with Crippen LogP contribution in [0.4, 0.5) is 0 Å². The molecule has 0 bridgehead atoms. The van der Waals surface area contributed by atoms with E-state index < -0.39 is 5.97 Å². The van der Waals surface area contributed by atoms with Crippen molar-refractivity contribution in [2.45, 2.75) is 25.6 Å². The maximum Gasteiger partial charge on any atom is 0.342 e. The summed E-state index contributed by atoms with van der Waals surface area (Å²) in [7, 11) is 0. The van der Waals surface area contributed by atoms with Crippen molar-refractivity contribution in [3.8, 4) is 0 Å². The van der Waals surface area contributed by atoms with Crippen LogP contribution in [0.5, 0.6) is 0 Å². The van der Waals surface area contributed by atoms with Gasteiger partial charge in [-0.05, 0) is 48.5 Å². The normalized spacial score (nSPS) is 12.1. The van der Waals surface area contributed by atoms with E-state index in [0.29, 0.717) is 5.89 Å². The predicted molar refractivity (Wildman–Crippen MR) is 106 cm³/mol. The molecule has 6 nitrogen and oxygen atoms in total. The van der Waals surface area contributed by atoms with Gasteiger partial charge in [-0.1, -0.05) is 24.3 Å². The molecule has 4 rings (SSSR count). The fraction of sp³-hybridized carbons (Fsp3) is 0.150. The SMILES string of the molecule is CCn1c2ccccc2c2cc(/C=C(\Sc3nnc(C)o3)C(=O)O)ccc21. The molecule has 0 spiro atoms. The van der Waals surface area contributed by atoms with Gasteiger partial charge in [-0.25, -0.2) is 4.79 Å². The third-order valence-electron chi connectivity index (χ3n) is 4.33. The average Bonchev–Trinajstić information content (AvgIpc) is 3.21. The van der Waals surface area contributed by atoms with Crippen molar-refractivity contribution in [3.05, 3.63) is 58.8 Å². The van der Waals surface area contributed by atoms with Crippen molar-refractivity contribution < 1.29 is 14.3 Å². The highest BCUT2D eigenvalue weighted by Crippen LogP contribution is 2.32. The highest BCUT2D eigenvalue weighted by Gasteiger charge is 2.15. The summed E-state index contributed by atoms with van der Waals surface area (Å²) in [6.45, 7) is 4.65. The Morgan fingerprint density at radius 3 is 2.67 bits per heavy atom. The summed E-state index contributed by atoms with van der Waals surface area (Å²) in [4.78, 5) is 11.8. The third kappa shape index (κ3) is 3.21. The second-order valence-corrected chi connectivity index (χ2v) is 7.03. The first kappa shape index (κ1) is 17.4. The molecule has 0 radical (unpaired) electrons. The number of benzene rings is 2. The second-order valence-electron chi connectivity index (χ2n) is 6.04. The number of carboxylic acid groups (broad SMARTS) is 1. The lowest BCUT2D eigenvalue weighted by atomic mass is 10.1. The number of aromatic nitrogens is 3. The van der Waals surface area contributed by atoms with Crippen molar-refractivity contribution in [2.24, 2.45) is 0 Å². The van der Waals surface area contributed by atoms with Crippen LogP contribution in [0.25, 0.3) is 27.9 Å². The molecule has 0 saturated heterocycles. The molecule has 0 aliphatic carbocycles. The molecule has 2 aromatic carbocycles. The molecule has 136 valence electrons. The van der Waals surface area contributed by atoms with Gasteiger partial charge in [0, 0.05) is 35.3 Å². The molecule has 7 heteroatoms. The molecule has 0 amide bonds. The molecule has 4 aromatic rings. The van der Waals surface area contributed by atoms with Crippen LogP contribution in [0, 0.1) is 6.92 Å². The summed E-state index contributed by atoms with van der Waals surface area (Å²) in [5.41, 5.74) is 3.11. The van der Waals surface area contributed by atoms with E-state index in [0.717, 1.165) is 40.2 Å². The zero-order valence-electron chi connectivity index (χ0n) is 14.8. The number of hydrogen-bond acceptors (Lipinski definition) is 5. The van der Waals surface area contributed by atoms with Gasteiger partial charge in [0.1, 0.15) is 4.91 Å². The second kappa shape index (κ2) is 6.92. The molecular weight excluding hydrogens is 362 g/mol. The van der Waals surface area contributed by atoms with Crippen molar-refractivity contribution in [3.63, 3.8) is 0 Å². The van der Waals surface area contributed by atoms with Crippen molar-refractivity contribution in [2.75, 3.05) is 0 Å². The Kier molecular flexibility index (Phi) is 4.45. The van der Waals surface area contributed by atoms with Gasteiger partial charge in [-0.2, -0.15) is 0 Å². The predicted octanol–water partition coefficient (Wildman–Crippen LogP) is 4.72. The van der Waals surface area contributed by atoms with Crippen LogP contribution in [0.2, 0.25) is 0 Å². The molecule has 0 saturated carbocycles. The van der Waals surface area contributed by atoms with E-state index in [-0.39, 0.29) is 10.1 Å². The highest BCUT2D eigenvalue weighted by atomic mass is 32.2. The van der Waals surface area contributed by atoms with E-state index >= 15 is 0 Å². The number of nitrogens with zero attached hydrogens (tertiary/aromatic N) is 3. The van der Waals surface area contributed by atoms with Gasteiger partial charge in [-0.3, -0.25) is 0 Å². The van der Waals surface area contributed by atoms with Gasteiger partial charge in [-0.15, -0.1) is 10.2 Å². The maximum absolute atomic E-state index is 11.7. The number of rotatable bonds is 5. The average molecular weight is 379 g/mol. The van der Waals surface area contributed by atoms with Crippen LogP contribution in [-0.2, 0) is 11.3 Å². The molecule has 27 heavy (non-hydrogen) atoms. The standard InChI is InChI=1S/C20H17N3O3S/c1-3-23-16-7-5-4-6-14(16)15-10-13(8-9-17(15)23)11-18(19(24)25)27-20-22-21-12(2)26-20/h4-11H,3H2,1-2H3,(H,24,25)/b18-11-. The number of thioether (sulfide) groups is 1. The zero-order valence-corrected chi connectivity index (χ0v) is 15.7. The molecule has 0 atom stereocenters. The summed E-state index contributed by atoms with van der Waals surface area (Å²) in [5.74, 6) is -0.636. The number of carboxylic acids is 1. The van der Waals surface area contributed by atoms with Crippen LogP contribution in [0.15, 0.2) is 57.0 Å². The Labute approximate surface area is 159 Å². The van der Waals surface area contributed by atoms with Crippen LogP contribution >= 0.6 is 11.8 Å². The van der Waals surface area contributed by atoms with Crippen LogP contribution < -0.4 is 0 Å². The Morgan fingerprint density at radius 2 is 1.96 bits per heavy atom. The molecule has 0 unspecified atom stereocenters. The van der Waals surface area contributed by atoms with Gasteiger partial charge in [0.2, 0.25) is 5.89 Å². The summed E-state index contributed by atoms with van der Waals surface area (Å²) >= 11 is 0.947. The maximum atomic E-state index is 11.7. The van der Waals surface area contributed by atoms with E-state index in [4.69, 9.17) is 4.42 Å². The van der Waals surface area contributed by atoms with E-state index in [1.165, 1.54) is 5.52 Å². The number of carbonyl (C=O) groups is 1. The highest BCUT2D eigenvalue weighted by molar-refractivity contribution is 8.03. The lowest BCUT2D eigenvalue weighted by Crippen LogP contribution is -1.97. The number of para-hydroxylation sites is 1. The smallest absolute Gasteiger partial charge is 0.342 e. The number of hydrogen-bond donors (Lipinski definition) is 1. The number of fused-ring (bicyclic) bond motifs is 3. The number of aliphatic carboxylic acids is 1. The van der Waals surface area contributed by atoms with Gasteiger partial charge in [0.25, 0.3) is 5.22 Å². The zero-order chi connectivity index (χ0) is 19.0. The van der Waals surface area contributed by atoms with Gasteiger partial charge < -0.3 is 14.1 Å². The van der Waals surface area contributed by atoms with Crippen LogP contribution in [0.1, 0.15) is 18.4 Å². The van der Waals surface area contributed by atoms with Crippen LogP contribution in [-0.4, -0.2) is 25.8 Å². The van der Waals surface area contributed by atoms with E-state index in [2.05, 4.69) is 33.8 Å². The molecule has 0 aliphatic heterocycles. The fourth-order valence-corrected chi connectivity index (χ4v) is 3.92. The third-order valence-corrected chi connectivity index (χ3v) is 5.18. The molecule has 2 heterocycles. The monoisotopic (exact) mass is 379 g/mol. The van der Waals surface area contributed by atoms with Crippen molar-refractivity contribution in [1.82, 2.24) is 14.8 Å². The first-order valence-corrected chi connectivity index (χ1v) is 9.32. The Balaban J connectivity index is 1.81. The minimum Gasteiger partial charge on any atom is -0.477 e. The van der Waals surface area contributed by atoms with Gasteiger partial charge in [0.05, 0.1) is 0 Å². The molecule has 1 N–H and O–H groups in total. The Hall–Kier alpha value is -3.06. The van der Waals surface area contributed by atoms with Crippen molar-refractivity contribution in [1.29, 1.82) is 0 Å². The Bertz CT molecular complexity index is 1190. The van der Waals surface area contributed by atoms with E-state index in [9.17, 15) is 9.90 Å². The minimum atomic E-state index is -1.04. The Morgan fingerprint density at radius 1 is 1.19 bits per heavy atom. The first-order chi connectivity index (χ1) is 13.1. The molecular formula is C20H17N3O3S. The number of aryl methyl sites for hydroxylation is 2. The summed E-state index contributed by atoms with van der Waals surface area (Å²) in [6.07, 6.45) is 1.63. The van der Waals surface area contributed by atoms with Gasteiger partial charge >= 0.3 is 5.97 Å². The fourth-order valence-electron chi connectivity index (χ4n) is 3.20. The van der Waals surface area contributed by atoms with Crippen LogP contribution in [0.3, 0.4) is 0 Å². The first-order valence-electron chi connectivity index (χ1n) is 8.50. The lowest BCUT2D eigenvalue weighted by molar-refractivity contribution is -0.131. The molecule has 0 fully saturated rings. The summed E-state index contributed by atoms with van der Waals surface area (Å²) in [6, 6.07) is 14.2. The molecule has 0 aliphatic rings. The lowest BCUT2D eigenvalue weighted by Gasteiger charge is -2.03.